The van der Waals surface area contributed by atoms with Crippen molar-refractivity contribution < 1.29 is 24.2 Å². The average molecular weight is 477 g/mol. The van der Waals surface area contributed by atoms with E-state index in [1.165, 1.54) is 11.1 Å². The molecule has 1 unspecified atom stereocenters. The number of carbonyl (C=O) groups is 3. The molecule has 2 bridgehead atoms. The number of rotatable bonds is 7. The molecule has 0 radical (unpaired) electrons. The SMILES string of the molecule is CC(C)C(CNC(=O)OCC1c2ccccc2-c2ccccc21)C(=O)N1[C@@H]2CC[C@H]1[C@@H](C(=O)O)C2. The Bertz CT molecular complexity index is 1100. The van der Waals surface area contributed by atoms with Gasteiger partial charge < -0.3 is 20.1 Å². The van der Waals surface area contributed by atoms with E-state index < -0.39 is 23.9 Å². The lowest BCUT2D eigenvalue weighted by atomic mass is 9.89. The molecule has 7 heteroatoms. The number of hydrogen-bond acceptors (Lipinski definition) is 4. The number of hydrogen-bond donors (Lipinski definition) is 2. The van der Waals surface area contributed by atoms with Crippen LogP contribution < -0.4 is 5.32 Å². The molecule has 2 heterocycles. The summed E-state index contributed by atoms with van der Waals surface area (Å²) in [6, 6.07) is 16.1. The molecule has 2 fully saturated rings. The third-order valence-corrected chi connectivity index (χ3v) is 8.04. The van der Waals surface area contributed by atoms with Gasteiger partial charge in [-0.15, -0.1) is 0 Å². The van der Waals surface area contributed by atoms with E-state index in [1.807, 2.05) is 38.1 Å². The minimum atomic E-state index is -0.826. The molecule has 0 spiro atoms. The van der Waals surface area contributed by atoms with Gasteiger partial charge in [-0.2, -0.15) is 0 Å². The number of carboxylic acid groups (broad SMARTS) is 1. The Labute approximate surface area is 205 Å². The number of alkyl carbamates (subject to hydrolysis) is 1. The second kappa shape index (κ2) is 9.36. The minimum Gasteiger partial charge on any atom is -0.481 e. The van der Waals surface area contributed by atoms with Gasteiger partial charge in [0.15, 0.2) is 0 Å². The number of fused-ring (bicyclic) bond motifs is 5. The van der Waals surface area contributed by atoms with E-state index in [4.69, 9.17) is 4.74 Å². The summed E-state index contributed by atoms with van der Waals surface area (Å²) in [7, 11) is 0. The highest BCUT2D eigenvalue weighted by atomic mass is 16.5. The average Bonchev–Trinajstić information content (AvgIpc) is 3.52. The summed E-state index contributed by atoms with van der Waals surface area (Å²) in [6.07, 6.45) is 1.57. The molecular weight excluding hydrogens is 444 g/mol. The zero-order valence-electron chi connectivity index (χ0n) is 20.1. The fourth-order valence-corrected chi connectivity index (χ4v) is 6.24. The van der Waals surface area contributed by atoms with Crippen LogP contribution in [0.3, 0.4) is 0 Å². The third kappa shape index (κ3) is 4.17. The van der Waals surface area contributed by atoms with Crippen LogP contribution in [-0.4, -0.2) is 53.2 Å². The Hall–Kier alpha value is -3.35. The minimum absolute atomic E-state index is 0.000311. The van der Waals surface area contributed by atoms with Crippen LogP contribution in [0.4, 0.5) is 4.79 Å². The van der Waals surface area contributed by atoms with Crippen LogP contribution >= 0.6 is 0 Å². The summed E-state index contributed by atoms with van der Waals surface area (Å²) in [4.78, 5) is 39.4. The molecule has 2 aromatic carbocycles. The monoisotopic (exact) mass is 476 g/mol. The highest BCUT2D eigenvalue weighted by molar-refractivity contribution is 5.83. The molecule has 0 saturated carbocycles. The van der Waals surface area contributed by atoms with Crippen LogP contribution in [0.2, 0.25) is 0 Å². The molecule has 2 aromatic rings. The second-order valence-corrected chi connectivity index (χ2v) is 10.3. The Morgan fingerprint density at radius 3 is 2.23 bits per heavy atom. The summed E-state index contributed by atoms with van der Waals surface area (Å²) in [5.74, 6) is -1.82. The fraction of sp³-hybridized carbons (Fsp3) is 0.464. The molecule has 2 amide bonds. The van der Waals surface area contributed by atoms with E-state index in [0.717, 1.165) is 24.0 Å². The standard InChI is InChI=1S/C28H32N2O5/c1-16(2)23(26(31)30-17-11-12-25(30)22(13-17)27(32)33)14-29-28(34)35-15-24-20-9-5-3-7-18(20)19-8-4-6-10-21(19)24/h3-10,16-17,22-25H,11-15H2,1-2H3,(H,29,34)(H,32,33)/t17-,22+,23?,25+/m1/s1. The highest BCUT2D eigenvalue weighted by Crippen LogP contribution is 2.45. The molecule has 35 heavy (non-hydrogen) atoms. The summed E-state index contributed by atoms with van der Waals surface area (Å²) in [5, 5.41) is 12.3. The molecule has 5 rings (SSSR count). The van der Waals surface area contributed by atoms with Crippen LogP contribution in [0.1, 0.15) is 50.2 Å². The third-order valence-electron chi connectivity index (χ3n) is 8.04. The van der Waals surface area contributed by atoms with Crippen molar-refractivity contribution in [3.63, 3.8) is 0 Å². The van der Waals surface area contributed by atoms with Gasteiger partial charge in [-0.25, -0.2) is 4.79 Å². The molecule has 2 aliphatic heterocycles. The smallest absolute Gasteiger partial charge is 0.407 e. The summed E-state index contributed by atoms with van der Waals surface area (Å²) >= 11 is 0. The molecule has 4 atom stereocenters. The van der Waals surface area contributed by atoms with Crippen LogP contribution in [0.15, 0.2) is 48.5 Å². The largest absolute Gasteiger partial charge is 0.481 e. The van der Waals surface area contributed by atoms with Crippen molar-refractivity contribution in [1.82, 2.24) is 10.2 Å². The van der Waals surface area contributed by atoms with E-state index in [9.17, 15) is 19.5 Å². The van der Waals surface area contributed by atoms with Crippen molar-refractivity contribution in [3.8, 4) is 11.1 Å². The molecule has 184 valence electrons. The number of aliphatic carboxylic acids is 1. The second-order valence-electron chi connectivity index (χ2n) is 10.3. The molecule has 3 aliphatic rings. The highest BCUT2D eigenvalue weighted by Gasteiger charge is 2.52. The Balaban J connectivity index is 1.21. The number of carbonyl (C=O) groups excluding carboxylic acids is 2. The zero-order valence-corrected chi connectivity index (χ0v) is 20.1. The molecule has 1 aliphatic carbocycles. The number of carboxylic acids is 1. The van der Waals surface area contributed by atoms with Crippen molar-refractivity contribution in [2.45, 2.75) is 51.1 Å². The van der Waals surface area contributed by atoms with E-state index >= 15 is 0 Å². The normalized spacial score (nSPS) is 23.2. The zero-order chi connectivity index (χ0) is 24.7. The van der Waals surface area contributed by atoms with Gasteiger partial charge in [-0.1, -0.05) is 62.4 Å². The molecule has 2 N–H and O–H groups in total. The van der Waals surface area contributed by atoms with Crippen molar-refractivity contribution in [2.24, 2.45) is 17.8 Å². The first-order valence-electron chi connectivity index (χ1n) is 12.5. The van der Waals surface area contributed by atoms with E-state index in [2.05, 4.69) is 29.6 Å². The maximum Gasteiger partial charge on any atom is 0.407 e. The predicted molar refractivity (Wildman–Crippen MR) is 131 cm³/mol. The lowest BCUT2D eigenvalue weighted by molar-refractivity contribution is -0.144. The number of nitrogens with zero attached hydrogens (tertiary/aromatic N) is 1. The summed E-state index contributed by atoms with van der Waals surface area (Å²) < 4.78 is 5.63. The van der Waals surface area contributed by atoms with Gasteiger partial charge in [0.1, 0.15) is 6.61 Å². The van der Waals surface area contributed by atoms with Gasteiger partial charge in [0.2, 0.25) is 5.91 Å². The maximum absolute atomic E-state index is 13.4. The van der Waals surface area contributed by atoms with Gasteiger partial charge in [-0.05, 0) is 47.4 Å². The molecule has 0 aromatic heterocycles. The van der Waals surface area contributed by atoms with Gasteiger partial charge >= 0.3 is 12.1 Å². The van der Waals surface area contributed by atoms with Gasteiger partial charge in [0.05, 0.1) is 11.8 Å². The van der Waals surface area contributed by atoms with E-state index in [0.29, 0.717) is 6.42 Å². The number of amides is 2. The lowest BCUT2D eigenvalue weighted by Crippen LogP contribution is -2.46. The van der Waals surface area contributed by atoms with Gasteiger partial charge in [0.25, 0.3) is 0 Å². The van der Waals surface area contributed by atoms with Crippen molar-refractivity contribution >= 4 is 18.0 Å². The summed E-state index contributed by atoms with van der Waals surface area (Å²) in [6.45, 7) is 4.29. The first-order chi connectivity index (χ1) is 16.9. The van der Waals surface area contributed by atoms with Crippen LogP contribution in [-0.2, 0) is 14.3 Å². The number of nitrogens with one attached hydrogen (secondary N) is 1. The first-order valence-corrected chi connectivity index (χ1v) is 12.5. The number of benzene rings is 2. The van der Waals surface area contributed by atoms with Gasteiger partial charge in [-0.3, -0.25) is 9.59 Å². The molecular formula is C28H32N2O5. The van der Waals surface area contributed by atoms with Crippen molar-refractivity contribution in [1.29, 1.82) is 0 Å². The summed E-state index contributed by atoms with van der Waals surface area (Å²) in [5.41, 5.74) is 4.63. The Morgan fingerprint density at radius 1 is 1.03 bits per heavy atom. The lowest BCUT2D eigenvalue weighted by Gasteiger charge is -2.30. The quantitative estimate of drug-likeness (QED) is 0.623. The molecule has 2 saturated heterocycles. The number of ether oxygens (including phenoxy) is 1. The van der Waals surface area contributed by atoms with E-state index in [1.54, 1.807) is 4.90 Å². The maximum atomic E-state index is 13.4. The topological polar surface area (TPSA) is 95.9 Å². The molecule has 7 nitrogen and oxygen atoms in total. The van der Waals surface area contributed by atoms with Crippen LogP contribution in [0.5, 0.6) is 0 Å². The predicted octanol–water partition coefficient (Wildman–Crippen LogP) is 4.26. The first kappa shape index (κ1) is 23.4. The fourth-order valence-electron chi connectivity index (χ4n) is 6.24. The van der Waals surface area contributed by atoms with Crippen molar-refractivity contribution in [2.75, 3.05) is 13.2 Å². The van der Waals surface area contributed by atoms with Gasteiger partial charge in [0, 0.05) is 24.5 Å². The van der Waals surface area contributed by atoms with Crippen LogP contribution in [0.25, 0.3) is 11.1 Å². The Kier molecular flexibility index (Phi) is 6.26. The van der Waals surface area contributed by atoms with E-state index in [-0.39, 0.29) is 43.0 Å². The van der Waals surface area contributed by atoms with Crippen LogP contribution in [0, 0.1) is 17.8 Å². The Morgan fingerprint density at radius 2 is 1.66 bits per heavy atom. The van der Waals surface area contributed by atoms with Crippen molar-refractivity contribution in [3.05, 3.63) is 59.7 Å².